The van der Waals surface area contributed by atoms with E-state index in [0.29, 0.717) is 11.6 Å². The molecule has 0 aliphatic rings. The van der Waals surface area contributed by atoms with Gasteiger partial charge in [-0.05, 0) is 6.92 Å². The third-order valence-electron chi connectivity index (χ3n) is 2.64. The summed E-state index contributed by atoms with van der Waals surface area (Å²) in [5.74, 6) is 0.0182. The smallest absolute Gasteiger partial charge is 0.360 e. The number of hydrogen-bond donors (Lipinski definition) is 0. The number of carbonyl (C=O) groups is 1. The van der Waals surface area contributed by atoms with Crippen LogP contribution in [0.4, 0.5) is 5.95 Å². The van der Waals surface area contributed by atoms with E-state index in [9.17, 15) is 4.79 Å². The summed E-state index contributed by atoms with van der Waals surface area (Å²) < 4.78 is 11.0. The number of ether oxygens (including phenoxy) is 2. The molecule has 2 rings (SSSR count). The molecule has 0 saturated heterocycles. The van der Waals surface area contributed by atoms with Crippen LogP contribution in [0.15, 0.2) is 0 Å². The number of esters is 1. The minimum Gasteiger partial charge on any atom is -0.467 e. The third kappa shape index (κ3) is 2.73. The quantitative estimate of drug-likeness (QED) is 0.697. The van der Waals surface area contributed by atoms with Crippen molar-refractivity contribution in [2.75, 3.05) is 33.2 Å². The van der Waals surface area contributed by atoms with Crippen molar-refractivity contribution in [3.8, 4) is 12.0 Å². The van der Waals surface area contributed by atoms with Crippen molar-refractivity contribution in [2.24, 2.45) is 0 Å². The maximum absolute atomic E-state index is 11.6. The van der Waals surface area contributed by atoms with Gasteiger partial charge in [0.25, 0.3) is 5.95 Å². The summed E-state index contributed by atoms with van der Waals surface area (Å²) in [6.45, 7) is 1.66. The van der Waals surface area contributed by atoms with Gasteiger partial charge in [-0.1, -0.05) is 5.21 Å². The highest BCUT2D eigenvalue weighted by molar-refractivity contribution is 5.88. The molecule has 0 aliphatic heterocycles. The Morgan fingerprint density at radius 1 is 1.19 bits per heavy atom. The number of aromatic nitrogens is 6. The second kappa shape index (κ2) is 5.69. The first-order valence-corrected chi connectivity index (χ1v) is 5.96. The summed E-state index contributed by atoms with van der Waals surface area (Å²) in [4.78, 5) is 25.7. The van der Waals surface area contributed by atoms with Gasteiger partial charge in [0.1, 0.15) is 0 Å². The standard InChI is InChI=1S/C11H15N7O3/c1-6-7(8(19)20-4)15-16-18(6)10-12-9(17(2)3)13-11(14-10)21-5/h1-5H3. The van der Waals surface area contributed by atoms with Crippen LogP contribution >= 0.6 is 0 Å². The second-order valence-electron chi connectivity index (χ2n) is 4.24. The van der Waals surface area contributed by atoms with Gasteiger partial charge in [-0.2, -0.15) is 19.6 Å². The lowest BCUT2D eigenvalue weighted by Crippen LogP contribution is -2.17. The van der Waals surface area contributed by atoms with E-state index in [1.807, 2.05) is 0 Å². The number of rotatable bonds is 4. The molecule has 2 aromatic rings. The topological polar surface area (TPSA) is 108 Å². The molecule has 0 aromatic carbocycles. The molecule has 112 valence electrons. The number of carbonyl (C=O) groups excluding carboxylic acids is 1. The van der Waals surface area contributed by atoms with Gasteiger partial charge in [-0.25, -0.2) is 4.79 Å². The predicted octanol–water partition coefficient (Wildman–Crippen LogP) is -0.378. The first-order valence-electron chi connectivity index (χ1n) is 5.96. The molecule has 0 saturated carbocycles. The summed E-state index contributed by atoms with van der Waals surface area (Å²) in [6, 6.07) is 0.137. The molecule has 0 spiro atoms. The van der Waals surface area contributed by atoms with Crippen molar-refractivity contribution in [1.82, 2.24) is 29.9 Å². The minimum atomic E-state index is -0.576. The lowest BCUT2D eigenvalue weighted by Gasteiger charge is -2.12. The molecule has 0 aliphatic carbocycles. The van der Waals surface area contributed by atoms with Crippen LogP contribution in [0.25, 0.3) is 5.95 Å². The van der Waals surface area contributed by atoms with Crippen molar-refractivity contribution in [1.29, 1.82) is 0 Å². The van der Waals surface area contributed by atoms with Gasteiger partial charge in [-0.15, -0.1) is 5.10 Å². The molecule has 0 fully saturated rings. The molecule has 10 heteroatoms. The number of nitrogens with zero attached hydrogens (tertiary/aromatic N) is 7. The van der Waals surface area contributed by atoms with Crippen LogP contribution in [0.5, 0.6) is 6.01 Å². The Morgan fingerprint density at radius 3 is 2.48 bits per heavy atom. The zero-order valence-corrected chi connectivity index (χ0v) is 12.4. The van der Waals surface area contributed by atoms with Crippen LogP contribution in [0.2, 0.25) is 0 Å². The fraction of sp³-hybridized carbons (Fsp3) is 0.455. The van der Waals surface area contributed by atoms with Crippen molar-refractivity contribution in [2.45, 2.75) is 6.92 Å². The lowest BCUT2D eigenvalue weighted by atomic mass is 10.3. The van der Waals surface area contributed by atoms with Gasteiger partial charge in [-0.3, -0.25) is 0 Å². The molecule has 0 bridgehead atoms. The Morgan fingerprint density at radius 2 is 1.90 bits per heavy atom. The van der Waals surface area contributed by atoms with Crippen molar-refractivity contribution < 1.29 is 14.3 Å². The first kappa shape index (κ1) is 14.6. The normalized spacial score (nSPS) is 10.3. The molecule has 0 unspecified atom stereocenters. The Kier molecular flexibility index (Phi) is 3.96. The van der Waals surface area contributed by atoms with Crippen LogP contribution in [-0.4, -0.2) is 64.2 Å². The first-order chi connectivity index (χ1) is 9.97. The Balaban J connectivity index is 2.54. The zero-order chi connectivity index (χ0) is 15.6. The molecular weight excluding hydrogens is 278 g/mol. The van der Waals surface area contributed by atoms with Gasteiger partial charge in [0, 0.05) is 14.1 Å². The molecule has 21 heavy (non-hydrogen) atoms. The van der Waals surface area contributed by atoms with Gasteiger partial charge in [0.2, 0.25) is 5.95 Å². The van der Waals surface area contributed by atoms with Gasteiger partial charge in [0.15, 0.2) is 5.69 Å². The number of hydrogen-bond acceptors (Lipinski definition) is 9. The van der Waals surface area contributed by atoms with E-state index in [2.05, 4.69) is 30.0 Å². The van der Waals surface area contributed by atoms with Crippen LogP contribution in [0, 0.1) is 6.92 Å². The van der Waals surface area contributed by atoms with E-state index in [1.54, 1.807) is 25.9 Å². The molecule has 2 heterocycles. The number of methoxy groups -OCH3 is 2. The summed E-state index contributed by atoms with van der Waals surface area (Å²) in [5.41, 5.74) is 0.558. The Bertz CT molecular complexity index is 668. The van der Waals surface area contributed by atoms with E-state index < -0.39 is 5.97 Å². The minimum absolute atomic E-state index is 0.100. The predicted molar refractivity (Wildman–Crippen MR) is 71.7 cm³/mol. The van der Waals surface area contributed by atoms with Crippen LogP contribution < -0.4 is 9.64 Å². The summed E-state index contributed by atoms with van der Waals surface area (Å²) in [7, 11) is 6.29. The average molecular weight is 293 g/mol. The largest absolute Gasteiger partial charge is 0.467 e. The van der Waals surface area contributed by atoms with E-state index in [-0.39, 0.29) is 17.7 Å². The summed E-state index contributed by atoms with van der Waals surface area (Å²) in [5, 5.41) is 7.65. The van der Waals surface area contributed by atoms with Gasteiger partial charge >= 0.3 is 12.0 Å². The highest BCUT2D eigenvalue weighted by atomic mass is 16.5. The fourth-order valence-corrected chi connectivity index (χ4v) is 1.53. The summed E-state index contributed by atoms with van der Waals surface area (Å²) >= 11 is 0. The van der Waals surface area contributed by atoms with Crippen LogP contribution in [-0.2, 0) is 4.74 Å². The van der Waals surface area contributed by atoms with E-state index >= 15 is 0 Å². The number of anilines is 1. The maximum atomic E-state index is 11.6. The molecular formula is C11H15N7O3. The lowest BCUT2D eigenvalue weighted by molar-refractivity contribution is 0.0593. The average Bonchev–Trinajstić information content (AvgIpc) is 2.87. The van der Waals surface area contributed by atoms with E-state index in [0.717, 1.165) is 0 Å². The molecule has 10 nitrogen and oxygen atoms in total. The van der Waals surface area contributed by atoms with Crippen molar-refractivity contribution in [3.05, 3.63) is 11.4 Å². The second-order valence-corrected chi connectivity index (χ2v) is 4.24. The molecule has 2 aromatic heterocycles. The van der Waals surface area contributed by atoms with E-state index in [1.165, 1.54) is 18.9 Å². The van der Waals surface area contributed by atoms with Crippen LogP contribution in [0.3, 0.4) is 0 Å². The van der Waals surface area contributed by atoms with Gasteiger partial charge < -0.3 is 14.4 Å². The van der Waals surface area contributed by atoms with Crippen molar-refractivity contribution in [3.63, 3.8) is 0 Å². The van der Waals surface area contributed by atoms with Crippen LogP contribution in [0.1, 0.15) is 16.2 Å². The molecule has 0 amide bonds. The highest BCUT2D eigenvalue weighted by Crippen LogP contribution is 2.15. The third-order valence-corrected chi connectivity index (χ3v) is 2.64. The fourth-order valence-electron chi connectivity index (χ4n) is 1.53. The molecule has 0 N–H and O–H groups in total. The zero-order valence-electron chi connectivity index (χ0n) is 12.4. The summed E-state index contributed by atoms with van der Waals surface area (Å²) in [6.07, 6.45) is 0. The maximum Gasteiger partial charge on any atom is 0.360 e. The monoisotopic (exact) mass is 293 g/mol. The van der Waals surface area contributed by atoms with E-state index in [4.69, 9.17) is 4.74 Å². The highest BCUT2D eigenvalue weighted by Gasteiger charge is 2.20. The van der Waals surface area contributed by atoms with Crippen molar-refractivity contribution >= 4 is 11.9 Å². The van der Waals surface area contributed by atoms with Gasteiger partial charge in [0.05, 0.1) is 19.9 Å². The Labute approximate surface area is 120 Å². The molecule has 0 atom stereocenters. The Hall–Kier alpha value is -2.78. The SMILES string of the molecule is COC(=O)c1nnn(-c2nc(OC)nc(N(C)C)n2)c1C. The molecule has 0 radical (unpaired) electrons.